The fourth-order valence-corrected chi connectivity index (χ4v) is 6.23. The van der Waals surface area contributed by atoms with Crippen LogP contribution in [0.2, 0.25) is 0 Å². The van der Waals surface area contributed by atoms with Crippen molar-refractivity contribution >= 4 is 5.91 Å². The Bertz CT molecular complexity index is 1500. The molecular formula is C35H37F5N2O4. The van der Waals surface area contributed by atoms with Crippen LogP contribution in [0.5, 0.6) is 0 Å². The van der Waals surface area contributed by atoms with E-state index in [1.165, 1.54) is 12.8 Å². The van der Waals surface area contributed by atoms with Gasteiger partial charge in [0.2, 0.25) is 5.82 Å². The normalized spacial score (nSPS) is 21.9. The van der Waals surface area contributed by atoms with E-state index in [1.807, 2.05) is 30.3 Å². The number of amides is 1. The van der Waals surface area contributed by atoms with Crippen molar-refractivity contribution in [3.8, 4) is 0 Å². The molecule has 1 saturated heterocycles. The van der Waals surface area contributed by atoms with Crippen LogP contribution in [0.3, 0.4) is 0 Å². The number of hydrogen-bond acceptors (Lipinski definition) is 5. The molecule has 2 N–H and O–H groups in total. The standard InChI is InChI=1S/C35H37F5N2O4/c1-3-16-42(25-6-4-5-7-25)18-26-20(2)33(23-12-10-22(19-43)11-13-23)46-35(45-26)24-14-8-21(9-15-24)17-41-34(44)27-28(36)30(38)32(40)31(39)29(27)37/h3,8-15,20,25-26,33,35,43H,1,4-7,16-19H2,2H3,(H,41,44). The topological polar surface area (TPSA) is 71.0 Å². The summed E-state index contributed by atoms with van der Waals surface area (Å²) in [7, 11) is 0. The Labute approximate surface area is 264 Å². The van der Waals surface area contributed by atoms with Crippen LogP contribution in [-0.4, -0.2) is 41.1 Å². The number of hydrogen-bond donors (Lipinski definition) is 2. The second kappa shape index (κ2) is 14.8. The van der Waals surface area contributed by atoms with E-state index in [2.05, 4.69) is 23.7 Å². The second-order valence-electron chi connectivity index (χ2n) is 11.9. The Kier molecular flexibility index (Phi) is 10.9. The maximum Gasteiger partial charge on any atom is 0.257 e. The van der Waals surface area contributed by atoms with E-state index in [9.17, 15) is 31.9 Å². The third-order valence-corrected chi connectivity index (χ3v) is 8.88. The number of nitrogens with zero attached hydrogens (tertiary/aromatic N) is 1. The number of carbonyl (C=O) groups is 1. The summed E-state index contributed by atoms with van der Waals surface area (Å²) in [4.78, 5) is 14.8. The van der Waals surface area contributed by atoms with Gasteiger partial charge >= 0.3 is 0 Å². The third-order valence-electron chi connectivity index (χ3n) is 8.88. The quantitative estimate of drug-likeness (QED) is 0.102. The molecule has 6 nitrogen and oxygen atoms in total. The van der Waals surface area contributed by atoms with Crippen LogP contribution in [0.15, 0.2) is 61.2 Å². The Morgan fingerprint density at radius 3 is 2.04 bits per heavy atom. The summed E-state index contributed by atoms with van der Waals surface area (Å²) in [5.41, 5.74) is 1.40. The summed E-state index contributed by atoms with van der Waals surface area (Å²) in [6.45, 7) is 7.18. The van der Waals surface area contributed by atoms with Crippen molar-refractivity contribution in [2.75, 3.05) is 13.1 Å². The minimum absolute atomic E-state index is 0.0126. The van der Waals surface area contributed by atoms with Gasteiger partial charge in [-0.25, -0.2) is 22.0 Å². The summed E-state index contributed by atoms with van der Waals surface area (Å²) in [5, 5.41) is 11.7. The van der Waals surface area contributed by atoms with E-state index in [4.69, 9.17) is 9.47 Å². The predicted octanol–water partition coefficient (Wildman–Crippen LogP) is 7.03. The van der Waals surface area contributed by atoms with Crippen molar-refractivity contribution in [2.24, 2.45) is 5.92 Å². The van der Waals surface area contributed by atoms with E-state index in [1.54, 1.807) is 24.3 Å². The Hall–Kier alpha value is -3.64. The molecule has 1 aliphatic carbocycles. The van der Waals surface area contributed by atoms with Gasteiger partial charge in [-0.1, -0.05) is 74.4 Å². The molecule has 0 spiro atoms. The van der Waals surface area contributed by atoms with E-state index >= 15 is 0 Å². The van der Waals surface area contributed by atoms with E-state index in [-0.39, 0.29) is 31.3 Å². The van der Waals surface area contributed by atoms with Crippen molar-refractivity contribution in [1.29, 1.82) is 0 Å². The van der Waals surface area contributed by atoms with E-state index in [0.717, 1.165) is 30.5 Å². The van der Waals surface area contributed by atoms with Gasteiger partial charge in [-0.05, 0) is 29.5 Å². The van der Waals surface area contributed by atoms with Crippen LogP contribution in [0.25, 0.3) is 0 Å². The highest BCUT2D eigenvalue weighted by molar-refractivity contribution is 5.94. The molecular weight excluding hydrogens is 607 g/mol. The lowest BCUT2D eigenvalue weighted by Gasteiger charge is -2.43. The van der Waals surface area contributed by atoms with Gasteiger partial charge in [0.1, 0.15) is 5.56 Å². The van der Waals surface area contributed by atoms with Crippen LogP contribution in [0, 0.1) is 35.0 Å². The van der Waals surface area contributed by atoms with Gasteiger partial charge in [0.25, 0.3) is 5.91 Å². The Morgan fingerprint density at radius 1 is 0.891 bits per heavy atom. The molecule has 2 fully saturated rings. The summed E-state index contributed by atoms with van der Waals surface area (Å²) in [6, 6.07) is 14.9. The summed E-state index contributed by atoms with van der Waals surface area (Å²) in [6.07, 6.45) is 5.31. The smallest absolute Gasteiger partial charge is 0.257 e. The first kappa shape index (κ1) is 33.7. The van der Waals surface area contributed by atoms with Crippen molar-refractivity contribution in [3.05, 3.63) is 118 Å². The maximum atomic E-state index is 14.1. The SMILES string of the molecule is C=CCN(CC1OC(c2ccc(CNC(=O)c3c(F)c(F)c(F)c(F)c3F)cc2)OC(c2ccc(CO)cc2)C1C)C1CCCC1. The number of halogens is 5. The number of nitrogens with one attached hydrogen (secondary N) is 1. The molecule has 11 heteroatoms. The van der Waals surface area contributed by atoms with Crippen LogP contribution in [-0.2, 0) is 22.6 Å². The zero-order valence-electron chi connectivity index (χ0n) is 25.5. The molecule has 1 heterocycles. The number of aliphatic hydroxyl groups is 1. The first-order valence-electron chi connectivity index (χ1n) is 15.4. The predicted molar refractivity (Wildman–Crippen MR) is 161 cm³/mol. The van der Waals surface area contributed by atoms with Crippen LogP contribution < -0.4 is 5.32 Å². The molecule has 2 aliphatic rings. The van der Waals surface area contributed by atoms with Gasteiger partial charge in [0.15, 0.2) is 29.6 Å². The van der Waals surface area contributed by atoms with Gasteiger partial charge in [0.05, 0.1) is 18.8 Å². The lowest BCUT2D eigenvalue weighted by molar-refractivity contribution is -0.276. The number of carbonyl (C=O) groups excluding carboxylic acids is 1. The number of rotatable bonds is 11. The molecule has 0 bridgehead atoms. The molecule has 0 aromatic heterocycles. The summed E-state index contributed by atoms with van der Waals surface area (Å²) < 4.78 is 81.8. The fraction of sp³-hybridized carbons (Fsp3) is 0.400. The molecule has 1 aliphatic heterocycles. The number of ether oxygens (including phenoxy) is 2. The van der Waals surface area contributed by atoms with E-state index in [0.29, 0.717) is 23.7 Å². The van der Waals surface area contributed by atoms with Gasteiger partial charge in [-0.2, -0.15) is 0 Å². The zero-order chi connectivity index (χ0) is 33.0. The molecule has 246 valence electrons. The first-order chi connectivity index (χ1) is 22.1. The summed E-state index contributed by atoms with van der Waals surface area (Å²) >= 11 is 0. The first-order valence-corrected chi connectivity index (χ1v) is 15.4. The third kappa shape index (κ3) is 7.17. The van der Waals surface area contributed by atoms with Gasteiger partial charge in [-0.15, -0.1) is 6.58 Å². The van der Waals surface area contributed by atoms with Crippen molar-refractivity contribution in [3.63, 3.8) is 0 Å². The minimum atomic E-state index is -2.33. The Balaban J connectivity index is 1.33. The highest BCUT2D eigenvalue weighted by Crippen LogP contribution is 2.42. The molecule has 3 aromatic carbocycles. The second-order valence-corrected chi connectivity index (χ2v) is 11.9. The van der Waals surface area contributed by atoms with E-state index < -0.39 is 46.8 Å². The van der Waals surface area contributed by atoms with Crippen molar-refractivity contribution < 1.29 is 41.3 Å². The molecule has 4 unspecified atom stereocenters. The fourth-order valence-electron chi connectivity index (χ4n) is 6.23. The molecule has 5 rings (SSSR count). The van der Waals surface area contributed by atoms with Crippen LogP contribution >= 0.6 is 0 Å². The van der Waals surface area contributed by atoms with Crippen molar-refractivity contribution in [1.82, 2.24) is 10.2 Å². The molecule has 4 atom stereocenters. The largest absolute Gasteiger partial charge is 0.392 e. The monoisotopic (exact) mass is 644 g/mol. The highest BCUT2D eigenvalue weighted by atomic mass is 19.2. The maximum absolute atomic E-state index is 14.1. The number of aliphatic hydroxyl groups excluding tert-OH is 1. The molecule has 46 heavy (non-hydrogen) atoms. The molecule has 1 amide bonds. The lowest BCUT2D eigenvalue weighted by atomic mass is 9.89. The van der Waals surface area contributed by atoms with Crippen LogP contribution in [0.4, 0.5) is 22.0 Å². The average molecular weight is 645 g/mol. The molecule has 3 aromatic rings. The van der Waals surface area contributed by atoms with Gasteiger partial charge < -0.3 is 19.9 Å². The summed E-state index contributed by atoms with van der Waals surface area (Å²) in [5.74, 6) is -12.5. The minimum Gasteiger partial charge on any atom is -0.392 e. The zero-order valence-corrected chi connectivity index (χ0v) is 25.5. The van der Waals surface area contributed by atoms with Crippen molar-refractivity contribution in [2.45, 2.75) is 70.3 Å². The Morgan fingerprint density at radius 2 is 1.46 bits per heavy atom. The van der Waals surface area contributed by atoms with Gasteiger partial charge in [-0.3, -0.25) is 9.69 Å². The number of benzene rings is 3. The van der Waals surface area contributed by atoms with Crippen LogP contribution in [0.1, 0.15) is 77.6 Å². The molecule has 0 radical (unpaired) electrons. The average Bonchev–Trinajstić information content (AvgIpc) is 3.62. The molecule has 1 saturated carbocycles. The highest BCUT2D eigenvalue weighted by Gasteiger charge is 2.40. The van der Waals surface area contributed by atoms with Gasteiger partial charge in [0, 0.05) is 37.2 Å². The lowest BCUT2D eigenvalue weighted by Crippen LogP contribution is -2.47.